The average Bonchev–Trinajstić information content (AvgIpc) is 3.22. The molecule has 2 amide bonds. The van der Waals surface area contributed by atoms with Gasteiger partial charge in [-0.25, -0.2) is 0 Å². The Kier molecular flexibility index (Phi) is 6.76. The van der Waals surface area contributed by atoms with Gasteiger partial charge >= 0.3 is 0 Å². The van der Waals surface area contributed by atoms with Gasteiger partial charge in [-0.1, -0.05) is 31.5 Å². The molecule has 1 aliphatic heterocycles. The second-order valence-corrected chi connectivity index (χ2v) is 7.80. The molecule has 1 aromatic heterocycles. The maximum Gasteiger partial charge on any atom is 0.293 e. The first-order valence-electron chi connectivity index (χ1n) is 9.35. The molecule has 1 saturated heterocycles. The van der Waals surface area contributed by atoms with Gasteiger partial charge in [0.2, 0.25) is 5.91 Å². The summed E-state index contributed by atoms with van der Waals surface area (Å²) in [6, 6.07) is 8.64. The van der Waals surface area contributed by atoms with Crippen LogP contribution in [0, 0.1) is 5.92 Å². The van der Waals surface area contributed by atoms with E-state index in [9.17, 15) is 9.59 Å². The van der Waals surface area contributed by atoms with E-state index in [1.54, 1.807) is 18.2 Å². The van der Waals surface area contributed by atoms with Crippen LogP contribution in [0.25, 0.3) is 0 Å². The number of furan rings is 1. The number of para-hydroxylation sites is 1. The van der Waals surface area contributed by atoms with Crippen LogP contribution in [0.3, 0.4) is 0 Å². The number of piperazine rings is 1. The molecule has 0 aliphatic carbocycles. The van der Waals surface area contributed by atoms with Crippen LogP contribution in [-0.4, -0.2) is 48.0 Å². The van der Waals surface area contributed by atoms with E-state index in [0.717, 1.165) is 5.69 Å². The molecule has 1 aromatic carbocycles. The summed E-state index contributed by atoms with van der Waals surface area (Å²) in [6.45, 7) is 6.37. The molecule has 0 unspecified atom stereocenters. The summed E-state index contributed by atoms with van der Waals surface area (Å²) < 4.78 is 5.07. The quantitative estimate of drug-likeness (QED) is 0.718. The smallest absolute Gasteiger partial charge is 0.293 e. The second-order valence-electron chi connectivity index (χ2n) is 6.99. The number of carbonyl (C=O) groups is 2. The second kappa shape index (κ2) is 9.28. The molecule has 2 heterocycles. The van der Waals surface area contributed by atoms with Crippen molar-refractivity contribution in [2.75, 3.05) is 36.4 Å². The number of nitrogens with zero attached hydrogens (tertiary/aromatic N) is 2. The third-order valence-corrected chi connectivity index (χ3v) is 5.12. The number of nitrogens with one attached hydrogen (secondary N) is 2. The van der Waals surface area contributed by atoms with Gasteiger partial charge in [-0.15, -0.1) is 0 Å². The number of rotatable bonds is 4. The maximum absolute atomic E-state index is 12.2. The highest BCUT2D eigenvalue weighted by atomic mass is 35.5. The summed E-state index contributed by atoms with van der Waals surface area (Å²) in [5.41, 5.74) is 1.48. The van der Waals surface area contributed by atoms with Crippen molar-refractivity contribution in [3.05, 3.63) is 47.4 Å². The topological polar surface area (TPSA) is 77.8 Å². The van der Waals surface area contributed by atoms with Crippen LogP contribution in [0.1, 0.15) is 24.4 Å². The zero-order valence-corrected chi connectivity index (χ0v) is 17.8. The van der Waals surface area contributed by atoms with Crippen LogP contribution in [-0.2, 0) is 4.79 Å². The molecule has 0 atom stereocenters. The summed E-state index contributed by atoms with van der Waals surface area (Å²) in [7, 11) is 0. The zero-order chi connectivity index (χ0) is 21.0. The van der Waals surface area contributed by atoms with E-state index in [-0.39, 0.29) is 22.7 Å². The fourth-order valence-corrected chi connectivity index (χ4v) is 3.68. The minimum atomic E-state index is -0.433. The van der Waals surface area contributed by atoms with Crippen LogP contribution >= 0.6 is 23.8 Å². The Bertz CT molecular complexity index is 893. The first-order valence-corrected chi connectivity index (χ1v) is 10.1. The Hall–Kier alpha value is -2.58. The fourth-order valence-electron chi connectivity index (χ4n) is 3.18. The molecule has 154 valence electrons. The summed E-state index contributed by atoms with van der Waals surface area (Å²) in [4.78, 5) is 28.3. The van der Waals surface area contributed by atoms with Crippen molar-refractivity contribution in [3.63, 3.8) is 0 Å². The van der Waals surface area contributed by atoms with Crippen molar-refractivity contribution >= 4 is 52.1 Å². The Morgan fingerprint density at radius 2 is 1.86 bits per heavy atom. The minimum absolute atomic E-state index is 0.0192. The number of thiocarbonyl (C=S) groups is 1. The molecule has 9 heteroatoms. The molecule has 2 aromatic rings. The fraction of sp³-hybridized carbons (Fsp3) is 0.350. The van der Waals surface area contributed by atoms with E-state index in [2.05, 4.69) is 15.5 Å². The van der Waals surface area contributed by atoms with Crippen LogP contribution in [0.15, 0.2) is 41.0 Å². The Balaban J connectivity index is 1.69. The van der Waals surface area contributed by atoms with Crippen molar-refractivity contribution in [2.45, 2.75) is 13.8 Å². The summed E-state index contributed by atoms with van der Waals surface area (Å²) in [5.74, 6) is -0.124. The number of amides is 2. The molecule has 0 radical (unpaired) electrons. The highest BCUT2D eigenvalue weighted by Gasteiger charge is 2.25. The van der Waals surface area contributed by atoms with Gasteiger partial charge in [-0.05, 0) is 36.5 Å². The highest BCUT2D eigenvalue weighted by molar-refractivity contribution is 7.80. The lowest BCUT2D eigenvalue weighted by Gasteiger charge is -2.38. The number of hydrogen-bond donors (Lipinski definition) is 2. The molecule has 29 heavy (non-hydrogen) atoms. The van der Waals surface area contributed by atoms with Gasteiger partial charge < -0.3 is 19.5 Å². The van der Waals surface area contributed by atoms with Gasteiger partial charge in [0, 0.05) is 32.1 Å². The van der Waals surface area contributed by atoms with Crippen LogP contribution in [0.5, 0.6) is 0 Å². The lowest BCUT2D eigenvalue weighted by Crippen LogP contribution is -2.50. The third kappa shape index (κ3) is 5.07. The molecule has 7 nitrogen and oxygen atoms in total. The average molecular weight is 435 g/mol. The van der Waals surface area contributed by atoms with E-state index >= 15 is 0 Å². The molecule has 0 spiro atoms. The third-order valence-electron chi connectivity index (χ3n) is 4.61. The van der Waals surface area contributed by atoms with E-state index < -0.39 is 5.91 Å². The zero-order valence-electron chi connectivity index (χ0n) is 16.3. The van der Waals surface area contributed by atoms with Gasteiger partial charge in [0.25, 0.3) is 5.91 Å². The standard InChI is InChI=1S/C20H23ClN4O3S/c1-13(2)19(27)25-10-8-24(9-11-25)17-14(21)5-3-6-15(17)22-20(29)23-18(26)16-7-4-12-28-16/h3-7,12-13H,8-11H2,1-2H3,(H2,22,23,26,29). The SMILES string of the molecule is CC(C)C(=O)N1CCN(c2c(Cl)cccc2NC(=S)NC(=O)c2ccco2)CC1. The lowest BCUT2D eigenvalue weighted by molar-refractivity contribution is -0.134. The Morgan fingerprint density at radius 1 is 1.14 bits per heavy atom. The normalized spacial score (nSPS) is 14.1. The minimum Gasteiger partial charge on any atom is -0.459 e. The van der Waals surface area contributed by atoms with Crippen molar-refractivity contribution < 1.29 is 14.0 Å². The number of anilines is 2. The van der Waals surface area contributed by atoms with E-state index in [1.165, 1.54) is 6.26 Å². The van der Waals surface area contributed by atoms with Crippen LogP contribution in [0.4, 0.5) is 11.4 Å². The van der Waals surface area contributed by atoms with E-state index in [1.807, 2.05) is 30.9 Å². The van der Waals surface area contributed by atoms with Crippen molar-refractivity contribution in [1.82, 2.24) is 10.2 Å². The van der Waals surface area contributed by atoms with Crippen molar-refractivity contribution in [1.29, 1.82) is 0 Å². The van der Waals surface area contributed by atoms with Gasteiger partial charge in [0.05, 0.1) is 22.7 Å². The Morgan fingerprint density at radius 3 is 2.48 bits per heavy atom. The van der Waals surface area contributed by atoms with Gasteiger partial charge in [0.15, 0.2) is 10.9 Å². The molecular weight excluding hydrogens is 412 g/mol. The predicted octanol–water partition coefficient (Wildman–Crippen LogP) is 3.36. The number of hydrogen-bond acceptors (Lipinski definition) is 5. The highest BCUT2D eigenvalue weighted by Crippen LogP contribution is 2.34. The molecule has 2 N–H and O–H groups in total. The summed E-state index contributed by atoms with van der Waals surface area (Å²) in [5, 5.41) is 6.34. The van der Waals surface area contributed by atoms with Crippen molar-refractivity contribution in [3.8, 4) is 0 Å². The molecule has 0 bridgehead atoms. The van der Waals surface area contributed by atoms with Crippen LogP contribution < -0.4 is 15.5 Å². The molecule has 1 fully saturated rings. The van der Waals surface area contributed by atoms with Crippen LogP contribution in [0.2, 0.25) is 5.02 Å². The maximum atomic E-state index is 12.2. The Labute approximate surface area is 180 Å². The number of halogens is 1. The van der Waals surface area contributed by atoms with Gasteiger partial charge in [-0.2, -0.15) is 0 Å². The molecule has 1 aliphatic rings. The van der Waals surface area contributed by atoms with Crippen molar-refractivity contribution in [2.24, 2.45) is 5.92 Å². The first kappa shape index (κ1) is 21.1. The predicted molar refractivity (Wildman–Crippen MR) is 117 cm³/mol. The molecule has 0 saturated carbocycles. The lowest BCUT2D eigenvalue weighted by atomic mass is 10.1. The summed E-state index contributed by atoms with van der Waals surface area (Å²) >= 11 is 11.7. The first-order chi connectivity index (χ1) is 13.9. The molecule has 3 rings (SSSR count). The van der Waals surface area contributed by atoms with E-state index in [4.69, 9.17) is 28.2 Å². The monoisotopic (exact) mass is 434 g/mol. The molecular formula is C20H23ClN4O3S. The number of carbonyl (C=O) groups excluding carboxylic acids is 2. The largest absolute Gasteiger partial charge is 0.459 e. The van der Waals surface area contributed by atoms with Gasteiger partial charge in [-0.3, -0.25) is 14.9 Å². The van der Waals surface area contributed by atoms with Gasteiger partial charge in [0.1, 0.15) is 0 Å². The number of benzene rings is 1. The van der Waals surface area contributed by atoms with E-state index in [0.29, 0.717) is 36.9 Å². The summed E-state index contributed by atoms with van der Waals surface area (Å²) in [6.07, 6.45) is 1.42.